The summed E-state index contributed by atoms with van der Waals surface area (Å²) < 4.78 is 5.97. The maximum Gasteiger partial charge on any atom is 0.337 e. The zero-order valence-corrected chi connectivity index (χ0v) is 15.4. The number of carboxylic acids is 1. The van der Waals surface area contributed by atoms with Gasteiger partial charge in [0.2, 0.25) is 0 Å². The van der Waals surface area contributed by atoms with Crippen molar-refractivity contribution in [3.8, 4) is 11.5 Å². The van der Waals surface area contributed by atoms with Gasteiger partial charge in [-0.2, -0.15) is 0 Å². The zero-order chi connectivity index (χ0) is 19.5. The highest BCUT2D eigenvalue weighted by atomic mass is 35.5. The summed E-state index contributed by atoms with van der Waals surface area (Å²) in [5.74, 6) is 0.226. The fraction of sp³-hybridized carbons (Fsp3) is 0. The molecule has 0 amide bonds. The lowest BCUT2D eigenvalue weighted by atomic mass is 10.1. The number of aromatic carboxylic acids is 1. The number of hydrogen-bond acceptors (Lipinski definition) is 4. The van der Waals surface area contributed by atoms with E-state index in [1.807, 2.05) is 30.3 Å². The van der Waals surface area contributed by atoms with Gasteiger partial charge in [-0.3, -0.25) is 4.98 Å². The molecular formula is C22H15ClN2O3. The number of anilines is 2. The molecule has 1 aromatic heterocycles. The van der Waals surface area contributed by atoms with E-state index < -0.39 is 5.97 Å². The number of aromatic nitrogens is 1. The van der Waals surface area contributed by atoms with Crippen LogP contribution in [0.2, 0.25) is 5.02 Å². The molecule has 0 saturated heterocycles. The maximum atomic E-state index is 11.5. The van der Waals surface area contributed by atoms with Gasteiger partial charge in [0.25, 0.3) is 0 Å². The third-order valence-electron chi connectivity index (χ3n) is 4.20. The second-order valence-corrected chi connectivity index (χ2v) is 6.43. The second kappa shape index (κ2) is 7.58. The van der Waals surface area contributed by atoms with E-state index in [-0.39, 0.29) is 5.56 Å². The van der Waals surface area contributed by atoms with Gasteiger partial charge in [0.15, 0.2) is 5.75 Å². The van der Waals surface area contributed by atoms with Crippen LogP contribution in [0.4, 0.5) is 11.4 Å². The summed E-state index contributed by atoms with van der Waals surface area (Å²) in [6, 6.07) is 21.3. The van der Waals surface area contributed by atoms with Crippen molar-refractivity contribution >= 4 is 39.8 Å². The molecule has 0 bridgehead atoms. The molecule has 5 nitrogen and oxygen atoms in total. The number of nitrogens with one attached hydrogen (secondary N) is 1. The molecule has 0 aliphatic carbocycles. The topological polar surface area (TPSA) is 71.5 Å². The third kappa shape index (κ3) is 3.48. The van der Waals surface area contributed by atoms with Gasteiger partial charge < -0.3 is 15.2 Å². The van der Waals surface area contributed by atoms with E-state index in [0.29, 0.717) is 38.8 Å². The van der Waals surface area contributed by atoms with Gasteiger partial charge in [0.05, 0.1) is 22.0 Å². The Morgan fingerprint density at radius 1 is 0.929 bits per heavy atom. The van der Waals surface area contributed by atoms with E-state index in [0.717, 1.165) is 0 Å². The fourth-order valence-electron chi connectivity index (χ4n) is 2.93. The van der Waals surface area contributed by atoms with Gasteiger partial charge in [-0.05, 0) is 42.5 Å². The summed E-state index contributed by atoms with van der Waals surface area (Å²) >= 11 is 6.45. The summed E-state index contributed by atoms with van der Waals surface area (Å²) in [7, 11) is 0. The number of halogens is 1. The number of fused-ring (bicyclic) bond motifs is 1. The van der Waals surface area contributed by atoms with Crippen LogP contribution in [0, 0.1) is 0 Å². The Hall–Kier alpha value is -3.57. The van der Waals surface area contributed by atoms with Gasteiger partial charge >= 0.3 is 5.97 Å². The zero-order valence-electron chi connectivity index (χ0n) is 14.6. The molecule has 0 aliphatic rings. The molecular weight excluding hydrogens is 376 g/mol. The van der Waals surface area contributed by atoms with Gasteiger partial charge in [0.1, 0.15) is 11.3 Å². The van der Waals surface area contributed by atoms with E-state index in [2.05, 4.69) is 10.3 Å². The summed E-state index contributed by atoms with van der Waals surface area (Å²) in [4.78, 5) is 15.9. The number of carbonyl (C=O) groups is 1. The standard InChI is InChI=1S/C22H15ClN2O3/c23-16-10-11-19(28-14-6-2-1-3-7-14)21-20(16)18(12-13-24-21)25-17-9-5-4-8-15(17)22(26)27/h1-13H,(H,24,25)(H,26,27). The van der Waals surface area contributed by atoms with Crippen molar-refractivity contribution < 1.29 is 14.6 Å². The quantitative estimate of drug-likeness (QED) is 0.429. The molecule has 2 N–H and O–H groups in total. The van der Waals surface area contributed by atoms with Crippen LogP contribution in [-0.2, 0) is 0 Å². The molecule has 0 atom stereocenters. The largest absolute Gasteiger partial charge is 0.478 e. The number of pyridine rings is 1. The van der Waals surface area contributed by atoms with Gasteiger partial charge in [-0.1, -0.05) is 41.9 Å². The maximum absolute atomic E-state index is 11.5. The summed E-state index contributed by atoms with van der Waals surface area (Å²) in [5.41, 5.74) is 1.85. The summed E-state index contributed by atoms with van der Waals surface area (Å²) in [6.07, 6.45) is 1.63. The lowest BCUT2D eigenvalue weighted by molar-refractivity contribution is 0.0698. The minimum atomic E-state index is -1.01. The SMILES string of the molecule is O=C(O)c1ccccc1Nc1ccnc2c(Oc3ccccc3)ccc(Cl)c12. The first kappa shape index (κ1) is 17.8. The molecule has 0 aliphatic heterocycles. The van der Waals surface area contributed by atoms with Crippen LogP contribution in [0.5, 0.6) is 11.5 Å². The fourth-order valence-corrected chi connectivity index (χ4v) is 3.18. The van der Waals surface area contributed by atoms with E-state index in [1.54, 1.807) is 48.7 Å². The van der Waals surface area contributed by atoms with Crippen LogP contribution in [-0.4, -0.2) is 16.1 Å². The minimum Gasteiger partial charge on any atom is -0.478 e. The number of hydrogen-bond donors (Lipinski definition) is 2. The van der Waals surface area contributed by atoms with Crippen LogP contribution >= 0.6 is 11.6 Å². The minimum absolute atomic E-state index is 0.167. The Morgan fingerprint density at radius 3 is 2.46 bits per heavy atom. The molecule has 0 radical (unpaired) electrons. The lowest BCUT2D eigenvalue weighted by Gasteiger charge is -2.15. The number of ether oxygens (including phenoxy) is 1. The molecule has 0 unspecified atom stereocenters. The predicted molar refractivity (Wildman–Crippen MR) is 110 cm³/mol. The van der Waals surface area contributed by atoms with Gasteiger partial charge in [0, 0.05) is 11.6 Å². The number of rotatable bonds is 5. The highest BCUT2D eigenvalue weighted by Gasteiger charge is 2.15. The van der Waals surface area contributed by atoms with Gasteiger partial charge in [-0.25, -0.2) is 4.79 Å². The van der Waals surface area contributed by atoms with E-state index >= 15 is 0 Å². The number of nitrogens with zero attached hydrogens (tertiary/aromatic N) is 1. The Kier molecular flexibility index (Phi) is 4.83. The van der Waals surface area contributed by atoms with Crippen molar-refractivity contribution in [2.75, 3.05) is 5.32 Å². The molecule has 6 heteroatoms. The van der Waals surface area contributed by atoms with Crippen molar-refractivity contribution in [3.05, 3.63) is 89.6 Å². The third-order valence-corrected chi connectivity index (χ3v) is 4.52. The molecule has 4 aromatic rings. The van der Waals surface area contributed by atoms with Crippen LogP contribution in [0.25, 0.3) is 10.9 Å². The van der Waals surface area contributed by atoms with Crippen molar-refractivity contribution in [2.45, 2.75) is 0 Å². The Morgan fingerprint density at radius 2 is 1.68 bits per heavy atom. The summed E-state index contributed by atoms with van der Waals surface area (Å²) in [6.45, 7) is 0. The average Bonchev–Trinajstić information content (AvgIpc) is 2.71. The number of carboxylic acid groups (broad SMARTS) is 1. The lowest BCUT2D eigenvalue weighted by Crippen LogP contribution is -2.03. The number of para-hydroxylation sites is 2. The first-order valence-electron chi connectivity index (χ1n) is 8.53. The Balaban J connectivity index is 1.81. The molecule has 0 spiro atoms. The van der Waals surface area contributed by atoms with E-state index in [1.165, 1.54) is 0 Å². The van der Waals surface area contributed by atoms with Gasteiger partial charge in [-0.15, -0.1) is 0 Å². The van der Waals surface area contributed by atoms with Crippen molar-refractivity contribution in [2.24, 2.45) is 0 Å². The highest BCUT2D eigenvalue weighted by Crippen LogP contribution is 2.38. The molecule has 138 valence electrons. The van der Waals surface area contributed by atoms with E-state index in [9.17, 15) is 9.90 Å². The molecule has 0 fully saturated rings. The van der Waals surface area contributed by atoms with Crippen LogP contribution in [0.1, 0.15) is 10.4 Å². The Bertz CT molecular complexity index is 1160. The van der Waals surface area contributed by atoms with Crippen molar-refractivity contribution in [3.63, 3.8) is 0 Å². The molecule has 1 heterocycles. The molecule has 3 aromatic carbocycles. The predicted octanol–water partition coefficient (Wildman–Crippen LogP) is 6.12. The normalized spacial score (nSPS) is 10.6. The molecule has 0 saturated carbocycles. The van der Waals surface area contributed by atoms with Crippen LogP contribution in [0.3, 0.4) is 0 Å². The highest BCUT2D eigenvalue weighted by molar-refractivity contribution is 6.36. The van der Waals surface area contributed by atoms with Crippen LogP contribution in [0.15, 0.2) is 79.0 Å². The average molecular weight is 391 g/mol. The Labute approximate surface area is 166 Å². The second-order valence-electron chi connectivity index (χ2n) is 6.02. The first-order valence-corrected chi connectivity index (χ1v) is 8.91. The van der Waals surface area contributed by atoms with Crippen molar-refractivity contribution in [1.82, 2.24) is 4.98 Å². The molecule has 28 heavy (non-hydrogen) atoms. The number of benzene rings is 3. The van der Waals surface area contributed by atoms with Crippen LogP contribution < -0.4 is 10.1 Å². The summed E-state index contributed by atoms with van der Waals surface area (Å²) in [5, 5.41) is 13.7. The van der Waals surface area contributed by atoms with Crippen molar-refractivity contribution in [1.29, 1.82) is 0 Å². The smallest absolute Gasteiger partial charge is 0.337 e. The monoisotopic (exact) mass is 390 g/mol. The molecule has 4 rings (SSSR count). The van der Waals surface area contributed by atoms with E-state index in [4.69, 9.17) is 16.3 Å². The first-order chi connectivity index (χ1) is 13.6.